The Morgan fingerprint density at radius 1 is 0.729 bits per heavy atom. The van der Waals surface area contributed by atoms with Crippen molar-refractivity contribution in [2.45, 2.75) is 71.9 Å². The van der Waals surface area contributed by atoms with Crippen molar-refractivity contribution in [2.24, 2.45) is 11.8 Å². The van der Waals surface area contributed by atoms with Gasteiger partial charge in [0.25, 0.3) is 0 Å². The highest BCUT2D eigenvalue weighted by Gasteiger charge is 2.26. The Morgan fingerprint density at radius 3 is 1.52 bits per heavy atom. The molecule has 0 radical (unpaired) electrons. The second-order valence-corrected chi connectivity index (χ2v) is 14.0. The molecule has 48 heavy (non-hydrogen) atoms. The second kappa shape index (κ2) is 15.6. The van der Waals surface area contributed by atoms with Gasteiger partial charge < -0.3 is 34.3 Å². The third kappa shape index (κ3) is 8.23. The molecule has 3 N–H and O–H groups in total. The van der Waals surface area contributed by atoms with Gasteiger partial charge in [-0.2, -0.15) is 0 Å². The number of ketones is 2. The number of thiophene rings is 2. The number of carboxylic acids is 1. The van der Waals surface area contributed by atoms with Crippen LogP contribution >= 0.6 is 22.7 Å². The number of rotatable bonds is 17. The summed E-state index contributed by atoms with van der Waals surface area (Å²) in [4.78, 5) is 37.0. The summed E-state index contributed by atoms with van der Waals surface area (Å²) < 4.78 is 55.0. The summed E-state index contributed by atoms with van der Waals surface area (Å²) >= 11 is 2.12. The van der Waals surface area contributed by atoms with Crippen LogP contribution < -0.4 is 18.9 Å². The highest BCUT2D eigenvalue weighted by atomic mass is 32.1. The van der Waals surface area contributed by atoms with E-state index in [1.54, 1.807) is 26.0 Å². The lowest BCUT2D eigenvalue weighted by molar-refractivity contribution is -0.141. The molecular weight excluding hydrogens is 670 g/mol. The number of hydrogen-bond donors (Lipinski definition) is 3. The van der Waals surface area contributed by atoms with Crippen molar-refractivity contribution in [2.75, 3.05) is 14.2 Å². The van der Waals surface area contributed by atoms with Gasteiger partial charge in [0.2, 0.25) is 0 Å². The monoisotopic (exact) mass is 708 g/mol. The summed E-state index contributed by atoms with van der Waals surface area (Å²) in [6, 6.07) is 5.96. The average molecular weight is 709 g/mol. The predicted octanol–water partition coefficient (Wildman–Crippen LogP) is 7.24. The van der Waals surface area contributed by atoms with Gasteiger partial charge in [-0.25, -0.2) is 8.78 Å². The van der Waals surface area contributed by atoms with Crippen LogP contribution in [-0.2, 0) is 4.79 Å². The molecule has 2 heterocycles. The maximum Gasteiger partial charge on any atom is 0.306 e. The van der Waals surface area contributed by atoms with E-state index in [1.807, 2.05) is 0 Å². The Balaban J connectivity index is 1.46. The van der Waals surface area contributed by atoms with Crippen LogP contribution in [0.4, 0.5) is 8.78 Å². The van der Waals surface area contributed by atoms with Gasteiger partial charge in [-0.15, -0.1) is 22.7 Å². The van der Waals surface area contributed by atoms with Crippen LogP contribution in [0.3, 0.4) is 0 Å². The number of hydrogen-bond acceptors (Lipinski definition) is 11. The van der Waals surface area contributed by atoms with Crippen LogP contribution in [0.1, 0.15) is 72.7 Å². The van der Waals surface area contributed by atoms with Crippen LogP contribution in [0.15, 0.2) is 24.3 Å². The molecule has 4 aromatic rings. The fourth-order valence-corrected chi connectivity index (χ4v) is 7.02. The number of ether oxygens (including phenoxy) is 4. The molecule has 0 bridgehead atoms. The van der Waals surface area contributed by atoms with E-state index in [4.69, 9.17) is 24.1 Å². The summed E-state index contributed by atoms with van der Waals surface area (Å²) in [5.41, 5.74) is 0. The minimum absolute atomic E-state index is 0.116. The van der Waals surface area contributed by atoms with Crippen molar-refractivity contribution in [1.29, 1.82) is 0 Å². The highest BCUT2D eigenvalue weighted by Crippen LogP contribution is 2.43. The Hall–Kier alpha value is -3.85. The van der Waals surface area contributed by atoms with Gasteiger partial charge in [-0.1, -0.05) is 13.8 Å². The summed E-state index contributed by atoms with van der Waals surface area (Å²) in [6.07, 6.45) is -2.29. The van der Waals surface area contributed by atoms with Crippen molar-refractivity contribution in [3.8, 4) is 23.0 Å². The molecule has 14 heteroatoms. The molecule has 260 valence electrons. The minimum atomic E-state index is -1.65. The van der Waals surface area contributed by atoms with E-state index in [9.17, 15) is 24.6 Å². The van der Waals surface area contributed by atoms with Gasteiger partial charge >= 0.3 is 5.97 Å². The zero-order valence-corrected chi connectivity index (χ0v) is 28.9. The first-order valence-electron chi connectivity index (χ1n) is 15.2. The maximum absolute atomic E-state index is 15.7. The van der Waals surface area contributed by atoms with E-state index in [2.05, 4.69) is 0 Å². The van der Waals surface area contributed by atoms with Crippen LogP contribution in [0.25, 0.3) is 20.2 Å². The van der Waals surface area contributed by atoms with Gasteiger partial charge in [0, 0.05) is 51.1 Å². The average Bonchev–Trinajstić information content (AvgIpc) is 3.67. The maximum atomic E-state index is 15.7. The Bertz CT molecular complexity index is 1810. The number of Topliss-reactive ketones (excluding diaryl/α,β-unsaturated/α-hetero) is 2. The molecule has 0 amide bonds. The molecule has 4 rings (SSSR count). The second-order valence-electron chi connectivity index (χ2n) is 11.8. The van der Waals surface area contributed by atoms with Crippen molar-refractivity contribution >= 4 is 60.4 Å². The molecule has 4 atom stereocenters. The number of methoxy groups -OCH3 is 2. The molecule has 0 aliphatic rings. The number of aliphatic carboxylic acids is 1. The fourth-order valence-electron chi connectivity index (χ4n) is 4.95. The number of carboxylic acid groups (broad SMARTS) is 1. The van der Waals surface area contributed by atoms with Crippen molar-refractivity contribution < 1.29 is 57.4 Å². The third-order valence-electron chi connectivity index (χ3n) is 7.90. The standard InChI is InChI=1S/C34H38F2O10S2/c1-15(33(39)40)9-21(37)27-11-19-25(47-27)13-23(43-5)31(29(19)35)45-17(3)7-8-18(4)46-32-24(44-6)14-26-20(30(32)36)12-28(48-26)22(38)10-16(2)34(41)42/h11-18,33,39-40H,7-10H2,1-6H3,(H,41,42)/t15-,16-,17?,18?/m0/s1. The van der Waals surface area contributed by atoms with E-state index in [0.717, 1.165) is 22.7 Å². The molecule has 0 aliphatic carbocycles. The lowest BCUT2D eigenvalue weighted by atomic mass is 10.0. The van der Waals surface area contributed by atoms with Gasteiger partial charge in [0.05, 0.1) is 42.1 Å². The van der Waals surface area contributed by atoms with E-state index in [-0.39, 0.29) is 62.1 Å². The van der Waals surface area contributed by atoms with E-state index < -0.39 is 53.7 Å². The molecule has 2 aromatic carbocycles. The number of fused-ring (bicyclic) bond motifs is 2. The molecule has 0 aliphatic heterocycles. The van der Waals surface area contributed by atoms with Crippen molar-refractivity contribution in [1.82, 2.24) is 0 Å². The van der Waals surface area contributed by atoms with E-state index in [1.165, 1.54) is 40.2 Å². The normalized spacial score (nSPS) is 14.1. The molecular formula is C34H38F2O10S2. The Morgan fingerprint density at radius 2 is 1.15 bits per heavy atom. The number of halogens is 2. The Kier molecular flexibility index (Phi) is 12.0. The molecule has 0 saturated heterocycles. The molecule has 2 unspecified atom stereocenters. The number of carbonyl (C=O) groups excluding carboxylic acids is 2. The summed E-state index contributed by atoms with van der Waals surface area (Å²) in [7, 11) is 2.74. The van der Waals surface area contributed by atoms with Crippen LogP contribution in [-0.4, -0.2) is 65.6 Å². The number of aliphatic hydroxyl groups is 2. The predicted molar refractivity (Wildman–Crippen MR) is 178 cm³/mol. The number of aliphatic hydroxyl groups excluding tert-OH is 1. The van der Waals surface area contributed by atoms with Crippen LogP contribution in [0.5, 0.6) is 23.0 Å². The third-order valence-corrected chi connectivity index (χ3v) is 10.1. The first-order chi connectivity index (χ1) is 22.6. The zero-order valence-electron chi connectivity index (χ0n) is 27.3. The van der Waals surface area contributed by atoms with E-state index >= 15 is 8.78 Å². The van der Waals surface area contributed by atoms with Gasteiger partial charge in [-0.05, 0) is 38.8 Å². The van der Waals surface area contributed by atoms with Crippen molar-refractivity contribution in [3.63, 3.8) is 0 Å². The molecule has 2 aromatic heterocycles. The molecule has 10 nitrogen and oxygen atoms in total. The van der Waals surface area contributed by atoms with Gasteiger partial charge in [-0.3, -0.25) is 14.4 Å². The van der Waals surface area contributed by atoms with Crippen LogP contribution in [0.2, 0.25) is 0 Å². The molecule has 0 fully saturated rings. The first kappa shape index (κ1) is 37.0. The molecule has 0 spiro atoms. The summed E-state index contributed by atoms with van der Waals surface area (Å²) in [5, 5.41) is 28.1. The smallest absolute Gasteiger partial charge is 0.306 e. The van der Waals surface area contributed by atoms with Gasteiger partial charge in [0.1, 0.15) is 0 Å². The molecule has 0 saturated carbocycles. The SMILES string of the molecule is COc1cc2sc(C(=O)C[C@H](C)C(=O)O)cc2c(F)c1OC(C)CCC(C)Oc1c(OC)cc2sc(C(=O)C[C@H](C)C(O)O)cc2c1F. The lowest BCUT2D eigenvalue weighted by Gasteiger charge is -2.21. The number of benzene rings is 2. The summed E-state index contributed by atoms with van der Waals surface area (Å²) in [5.74, 6) is -4.79. The zero-order chi connectivity index (χ0) is 35.4. The van der Waals surface area contributed by atoms with Gasteiger partial charge in [0.15, 0.2) is 52.5 Å². The fraction of sp³-hybridized carbons (Fsp3) is 0.441. The summed E-state index contributed by atoms with van der Waals surface area (Å²) in [6.45, 7) is 6.44. The van der Waals surface area contributed by atoms with Crippen LogP contribution in [0, 0.1) is 23.5 Å². The first-order valence-corrected chi connectivity index (χ1v) is 16.9. The Labute approximate surface area is 283 Å². The quantitative estimate of drug-likeness (QED) is 0.0757. The number of carbonyl (C=O) groups is 3. The lowest BCUT2D eigenvalue weighted by Crippen LogP contribution is -2.19. The van der Waals surface area contributed by atoms with Crippen molar-refractivity contribution in [3.05, 3.63) is 45.7 Å². The minimum Gasteiger partial charge on any atom is -0.493 e. The van der Waals surface area contributed by atoms with E-state index in [0.29, 0.717) is 22.2 Å². The largest absolute Gasteiger partial charge is 0.493 e. The topological polar surface area (TPSA) is 149 Å². The highest BCUT2D eigenvalue weighted by molar-refractivity contribution is 7.21.